The van der Waals surface area contributed by atoms with Crippen molar-refractivity contribution in [3.8, 4) is 0 Å². The van der Waals surface area contributed by atoms with Gasteiger partial charge in [-0.15, -0.1) is 0 Å². The molecule has 0 aliphatic carbocycles. The monoisotopic (exact) mass is 358 g/mol. The Morgan fingerprint density at radius 2 is 2.08 bits per heavy atom. The number of anilines is 1. The zero-order valence-electron chi connectivity index (χ0n) is 14.3. The van der Waals surface area contributed by atoms with Gasteiger partial charge >= 0.3 is 0 Å². The van der Waals surface area contributed by atoms with E-state index in [0.717, 1.165) is 30.6 Å². The SMILES string of the molecule is Cc1ccc(NC(=O)C(NCC2CCCO2)c2ccccc2)cc1Cl. The molecular weight excluding hydrogens is 336 g/mol. The minimum atomic E-state index is -0.439. The number of hydrogen-bond acceptors (Lipinski definition) is 3. The van der Waals surface area contributed by atoms with Gasteiger partial charge < -0.3 is 10.1 Å². The highest BCUT2D eigenvalue weighted by Gasteiger charge is 2.23. The molecule has 0 spiro atoms. The van der Waals surface area contributed by atoms with E-state index in [-0.39, 0.29) is 12.0 Å². The molecule has 1 saturated heterocycles. The topological polar surface area (TPSA) is 50.4 Å². The fraction of sp³-hybridized carbons (Fsp3) is 0.350. The predicted molar refractivity (Wildman–Crippen MR) is 101 cm³/mol. The van der Waals surface area contributed by atoms with E-state index >= 15 is 0 Å². The summed E-state index contributed by atoms with van der Waals surface area (Å²) < 4.78 is 5.65. The molecule has 2 aromatic carbocycles. The lowest BCUT2D eigenvalue weighted by Gasteiger charge is -2.21. The maximum atomic E-state index is 12.9. The Morgan fingerprint density at radius 3 is 2.76 bits per heavy atom. The van der Waals surface area contributed by atoms with Gasteiger partial charge in [0.1, 0.15) is 6.04 Å². The molecule has 1 heterocycles. The normalized spacial score (nSPS) is 18.1. The van der Waals surface area contributed by atoms with Gasteiger partial charge in [-0.2, -0.15) is 0 Å². The number of nitrogens with one attached hydrogen (secondary N) is 2. The summed E-state index contributed by atoms with van der Waals surface area (Å²) in [5.41, 5.74) is 2.60. The van der Waals surface area contributed by atoms with E-state index in [9.17, 15) is 4.79 Å². The largest absolute Gasteiger partial charge is 0.377 e. The number of rotatable bonds is 6. The van der Waals surface area contributed by atoms with Gasteiger partial charge in [0.25, 0.3) is 0 Å². The molecule has 0 radical (unpaired) electrons. The van der Waals surface area contributed by atoms with Crippen LogP contribution in [0.2, 0.25) is 5.02 Å². The van der Waals surface area contributed by atoms with Gasteiger partial charge in [-0.25, -0.2) is 0 Å². The quantitative estimate of drug-likeness (QED) is 0.817. The Labute approximate surface area is 153 Å². The molecule has 3 rings (SSSR count). The van der Waals surface area contributed by atoms with Crippen molar-refractivity contribution in [3.63, 3.8) is 0 Å². The van der Waals surface area contributed by atoms with Crippen molar-refractivity contribution in [3.05, 3.63) is 64.7 Å². The molecule has 132 valence electrons. The zero-order chi connectivity index (χ0) is 17.6. The standard InChI is InChI=1S/C20H23ClN2O2/c1-14-9-10-16(12-18(14)21)23-20(24)19(15-6-3-2-4-7-15)22-13-17-8-5-11-25-17/h2-4,6-7,9-10,12,17,19,22H,5,8,11,13H2,1H3,(H,23,24). The summed E-state index contributed by atoms with van der Waals surface area (Å²) in [6.07, 6.45) is 2.29. The second kappa shape index (κ2) is 8.48. The van der Waals surface area contributed by atoms with Crippen molar-refractivity contribution >= 4 is 23.2 Å². The molecule has 0 aromatic heterocycles. The summed E-state index contributed by atoms with van der Waals surface area (Å²) in [4.78, 5) is 12.9. The third-order valence-corrected chi connectivity index (χ3v) is 4.82. The smallest absolute Gasteiger partial charge is 0.246 e. The van der Waals surface area contributed by atoms with Gasteiger partial charge in [0.05, 0.1) is 6.10 Å². The van der Waals surface area contributed by atoms with Crippen LogP contribution in [0.3, 0.4) is 0 Å². The Hall–Kier alpha value is -1.88. The van der Waals surface area contributed by atoms with E-state index < -0.39 is 6.04 Å². The Balaban J connectivity index is 1.72. The number of aryl methyl sites for hydroxylation is 1. The summed E-state index contributed by atoms with van der Waals surface area (Å²) in [6, 6.07) is 14.8. The van der Waals surface area contributed by atoms with E-state index in [4.69, 9.17) is 16.3 Å². The molecule has 1 aliphatic rings. The lowest BCUT2D eigenvalue weighted by Crippen LogP contribution is -2.37. The molecule has 1 amide bonds. The number of amides is 1. The first-order valence-corrected chi connectivity index (χ1v) is 8.98. The third kappa shape index (κ3) is 4.82. The van der Waals surface area contributed by atoms with Crippen LogP contribution in [0.15, 0.2) is 48.5 Å². The molecule has 2 N–H and O–H groups in total. The van der Waals surface area contributed by atoms with Crippen molar-refractivity contribution in [1.82, 2.24) is 5.32 Å². The molecular formula is C20H23ClN2O2. The molecule has 2 unspecified atom stereocenters. The van der Waals surface area contributed by atoms with Crippen LogP contribution in [0.25, 0.3) is 0 Å². The van der Waals surface area contributed by atoms with Crippen molar-refractivity contribution in [1.29, 1.82) is 0 Å². The van der Waals surface area contributed by atoms with Gasteiger partial charge in [-0.1, -0.05) is 48.0 Å². The number of ether oxygens (including phenoxy) is 1. The zero-order valence-corrected chi connectivity index (χ0v) is 15.1. The van der Waals surface area contributed by atoms with E-state index in [2.05, 4.69) is 10.6 Å². The highest BCUT2D eigenvalue weighted by molar-refractivity contribution is 6.31. The highest BCUT2D eigenvalue weighted by atomic mass is 35.5. The minimum Gasteiger partial charge on any atom is -0.377 e. The number of benzene rings is 2. The van der Waals surface area contributed by atoms with E-state index in [0.29, 0.717) is 17.3 Å². The van der Waals surface area contributed by atoms with Crippen LogP contribution >= 0.6 is 11.6 Å². The van der Waals surface area contributed by atoms with Crippen LogP contribution in [0.4, 0.5) is 5.69 Å². The van der Waals surface area contributed by atoms with Crippen LogP contribution < -0.4 is 10.6 Å². The lowest BCUT2D eigenvalue weighted by molar-refractivity contribution is -0.118. The summed E-state index contributed by atoms with van der Waals surface area (Å²) in [7, 11) is 0. The molecule has 25 heavy (non-hydrogen) atoms. The Morgan fingerprint density at radius 1 is 1.28 bits per heavy atom. The van der Waals surface area contributed by atoms with Gasteiger partial charge in [-0.05, 0) is 43.0 Å². The number of carbonyl (C=O) groups excluding carboxylic acids is 1. The van der Waals surface area contributed by atoms with E-state index in [1.165, 1.54) is 0 Å². The maximum Gasteiger partial charge on any atom is 0.246 e. The number of hydrogen-bond donors (Lipinski definition) is 2. The van der Waals surface area contributed by atoms with Crippen LogP contribution in [-0.2, 0) is 9.53 Å². The van der Waals surface area contributed by atoms with Crippen molar-refractivity contribution < 1.29 is 9.53 Å². The van der Waals surface area contributed by atoms with Crippen LogP contribution in [-0.4, -0.2) is 25.2 Å². The lowest BCUT2D eigenvalue weighted by atomic mass is 10.1. The summed E-state index contributed by atoms with van der Waals surface area (Å²) in [5.74, 6) is -0.107. The first-order valence-electron chi connectivity index (χ1n) is 8.60. The number of halogens is 1. The molecule has 2 aromatic rings. The molecule has 0 saturated carbocycles. The van der Waals surface area contributed by atoms with Crippen LogP contribution in [0.1, 0.15) is 30.0 Å². The average molecular weight is 359 g/mol. The first kappa shape index (κ1) is 17.9. The van der Waals surface area contributed by atoms with Gasteiger partial charge in [0.2, 0.25) is 5.91 Å². The van der Waals surface area contributed by atoms with Gasteiger partial charge in [-0.3, -0.25) is 10.1 Å². The van der Waals surface area contributed by atoms with Crippen LogP contribution in [0.5, 0.6) is 0 Å². The predicted octanol–water partition coefficient (Wildman–Crippen LogP) is 4.10. The highest BCUT2D eigenvalue weighted by Crippen LogP contribution is 2.22. The summed E-state index contributed by atoms with van der Waals surface area (Å²) >= 11 is 6.16. The third-order valence-electron chi connectivity index (χ3n) is 4.41. The van der Waals surface area contributed by atoms with E-state index in [1.54, 1.807) is 6.07 Å². The van der Waals surface area contributed by atoms with Crippen LogP contribution in [0, 0.1) is 6.92 Å². The molecule has 2 atom stereocenters. The van der Waals surface area contributed by atoms with Crippen molar-refractivity contribution in [2.75, 3.05) is 18.5 Å². The van der Waals surface area contributed by atoms with Gasteiger partial charge in [0.15, 0.2) is 0 Å². The molecule has 1 aliphatic heterocycles. The minimum absolute atomic E-state index is 0.107. The molecule has 5 heteroatoms. The molecule has 4 nitrogen and oxygen atoms in total. The molecule has 0 bridgehead atoms. The Kier molecular flexibility index (Phi) is 6.08. The van der Waals surface area contributed by atoms with Crippen molar-refractivity contribution in [2.24, 2.45) is 0 Å². The number of carbonyl (C=O) groups is 1. The van der Waals surface area contributed by atoms with E-state index in [1.807, 2.05) is 49.4 Å². The fourth-order valence-corrected chi connectivity index (χ4v) is 3.13. The fourth-order valence-electron chi connectivity index (χ4n) is 2.95. The second-order valence-corrected chi connectivity index (χ2v) is 6.75. The Bertz CT molecular complexity index is 715. The van der Waals surface area contributed by atoms with Crippen molar-refractivity contribution in [2.45, 2.75) is 31.9 Å². The first-order chi connectivity index (χ1) is 12.1. The molecule has 1 fully saturated rings. The summed E-state index contributed by atoms with van der Waals surface area (Å²) in [5, 5.41) is 6.95. The second-order valence-electron chi connectivity index (χ2n) is 6.34. The summed E-state index contributed by atoms with van der Waals surface area (Å²) in [6.45, 7) is 3.39. The van der Waals surface area contributed by atoms with Gasteiger partial charge in [0, 0.05) is 23.9 Å². The average Bonchev–Trinajstić information content (AvgIpc) is 3.13. The maximum absolute atomic E-state index is 12.9.